The Labute approximate surface area is 178 Å². The van der Waals surface area contributed by atoms with Gasteiger partial charge in [0.05, 0.1) is 4.90 Å². The molecule has 1 saturated heterocycles. The zero-order valence-corrected chi connectivity index (χ0v) is 19.0. The highest BCUT2D eigenvalue weighted by Gasteiger charge is 2.29. The molecule has 164 valence electrons. The number of rotatable bonds is 7. The summed E-state index contributed by atoms with van der Waals surface area (Å²) in [5.41, 5.74) is 0.672. The average Bonchev–Trinajstić information content (AvgIpc) is 3.30. The van der Waals surface area contributed by atoms with Crippen molar-refractivity contribution < 1.29 is 18.0 Å². The van der Waals surface area contributed by atoms with Gasteiger partial charge in [-0.2, -0.15) is 0 Å². The van der Waals surface area contributed by atoms with Gasteiger partial charge in [-0.25, -0.2) is 8.42 Å². The van der Waals surface area contributed by atoms with Gasteiger partial charge in [0.1, 0.15) is 12.3 Å². The van der Waals surface area contributed by atoms with Crippen LogP contribution in [0.4, 0.5) is 0 Å². The molecule has 0 aliphatic carbocycles. The van der Waals surface area contributed by atoms with Gasteiger partial charge in [0.15, 0.2) is 9.84 Å². The lowest BCUT2D eigenvalue weighted by atomic mass is 10.2. The Kier molecular flexibility index (Phi) is 6.55. The van der Waals surface area contributed by atoms with Crippen LogP contribution in [0, 0.1) is 0 Å². The first-order valence-electron chi connectivity index (χ1n) is 10.5. The van der Waals surface area contributed by atoms with Crippen molar-refractivity contribution in [2.75, 3.05) is 18.8 Å². The molecule has 7 nitrogen and oxygen atoms in total. The predicted molar refractivity (Wildman–Crippen MR) is 117 cm³/mol. The number of carbonyl (C=O) groups excluding carboxylic acids is 2. The Hall–Kier alpha value is -2.35. The predicted octanol–water partition coefficient (Wildman–Crippen LogP) is 2.68. The number of amides is 2. The third kappa shape index (κ3) is 4.53. The fraction of sp³-hybridized carbons (Fsp3) is 0.545. The Balaban J connectivity index is 1.93. The van der Waals surface area contributed by atoms with Crippen LogP contribution in [0.2, 0.25) is 0 Å². The molecule has 1 aliphatic heterocycles. The van der Waals surface area contributed by atoms with Crippen molar-refractivity contribution in [1.29, 1.82) is 0 Å². The second-order valence-corrected chi connectivity index (χ2v) is 10.4. The van der Waals surface area contributed by atoms with Crippen molar-refractivity contribution >= 4 is 32.6 Å². The van der Waals surface area contributed by atoms with Crippen LogP contribution in [-0.4, -0.2) is 65.5 Å². The van der Waals surface area contributed by atoms with Crippen molar-refractivity contribution in [2.45, 2.75) is 64.1 Å². The van der Waals surface area contributed by atoms with Crippen molar-refractivity contribution in [2.24, 2.45) is 0 Å². The number of hydrogen-bond acceptors (Lipinski definition) is 4. The summed E-state index contributed by atoms with van der Waals surface area (Å²) in [6, 6.07) is 7.20. The monoisotopic (exact) mass is 433 g/mol. The minimum Gasteiger partial charge on any atom is -0.342 e. The van der Waals surface area contributed by atoms with Gasteiger partial charge in [0.25, 0.3) is 0 Å². The molecule has 1 aromatic carbocycles. The summed E-state index contributed by atoms with van der Waals surface area (Å²) in [5, 5.41) is 0.542. The van der Waals surface area contributed by atoms with E-state index in [-0.39, 0.29) is 35.3 Å². The zero-order chi connectivity index (χ0) is 22.1. The first-order chi connectivity index (χ1) is 14.1. The summed E-state index contributed by atoms with van der Waals surface area (Å²) in [6.45, 7) is 9.14. The van der Waals surface area contributed by atoms with E-state index >= 15 is 0 Å². The fourth-order valence-corrected chi connectivity index (χ4v) is 5.75. The number of hydrogen-bond donors (Lipinski definition) is 0. The maximum absolute atomic E-state index is 13.1. The quantitative estimate of drug-likeness (QED) is 0.672. The number of para-hydroxylation sites is 1. The molecule has 1 fully saturated rings. The molecule has 30 heavy (non-hydrogen) atoms. The van der Waals surface area contributed by atoms with Gasteiger partial charge in [-0.05, 0) is 46.6 Å². The summed E-state index contributed by atoms with van der Waals surface area (Å²) in [6.07, 6.45) is 3.33. The Bertz CT molecular complexity index is 1030. The molecular weight excluding hydrogens is 402 g/mol. The second kappa shape index (κ2) is 8.79. The third-order valence-electron chi connectivity index (χ3n) is 5.57. The number of likely N-dealkylation sites (tertiary alicyclic amines) is 1. The van der Waals surface area contributed by atoms with Crippen LogP contribution in [0.5, 0.6) is 0 Å². The standard InChI is InChI=1S/C22H31N3O4S/c1-16(2)25(17(3)4)21(26)14-24-13-20(18-9-5-6-10-19(18)24)30(28,29)15-22(27)23-11-7-8-12-23/h5-6,9-10,13,16-17H,7-8,11-12,14-15H2,1-4H3. The molecule has 0 atom stereocenters. The topological polar surface area (TPSA) is 79.7 Å². The van der Waals surface area contributed by atoms with Gasteiger partial charge in [-0.15, -0.1) is 0 Å². The highest BCUT2D eigenvalue weighted by molar-refractivity contribution is 7.92. The zero-order valence-electron chi connectivity index (χ0n) is 18.2. The van der Waals surface area contributed by atoms with E-state index in [0.717, 1.165) is 12.8 Å². The summed E-state index contributed by atoms with van der Waals surface area (Å²) in [4.78, 5) is 28.9. The smallest absolute Gasteiger partial charge is 0.242 e. The molecule has 3 rings (SSSR count). The molecule has 1 aliphatic rings. The van der Waals surface area contributed by atoms with E-state index in [1.807, 2.05) is 33.8 Å². The minimum atomic E-state index is -3.83. The second-order valence-electron chi connectivity index (χ2n) is 8.47. The molecule has 0 N–H and O–H groups in total. The van der Waals surface area contributed by atoms with Gasteiger partial charge >= 0.3 is 0 Å². The van der Waals surface area contributed by atoms with E-state index < -0.39 is 15.6 Å². The largest absolute Gasteiger partial charge is 0.342 e. The lowest BCUT2D eigenvalue weighted by Crippen LogP contribution is -2.43. The summed E-state index contributed by atoms with van der Waals surface area (Å²) in [5.74, 6) is -0.969. The first-order valence-corrected chi connectivity index (χ1v) is 12.2. The summed E-state index contributed by atoms with van der Waals surface area (Å²) >= 11 is 0. The lowest BCUT2D eigenvalue weighted by Gasteiger charge is -2.31. The normalized spacial score (nSPS) is 14.8. The Morgan fingerprint density at radius 2 is 1.63 bits per heavy atom. The first kappa shape index (κ1) is 22.3. The SMILES string of the molecule is CC(C)N(C(=O)Cn1cc(S(=O)(=O)CC(=O)N2CCCC2)c2ccccc21)C(C)C. The fourth-order valence-electron chi connectivity index (χ4n) is 4.29. The van der Waals surface area contributed by atoms with Crippen LogP contribution in [0.3, 0.4) is 0 Å². The number of sulfone groups is 1. The van der Waals surface area contributed by atoms with Crippen molar-refractivity contribution in [3.05, 3.63) is 30.5 Å². The maximum atomic E-state index is 13.1. The molecule has 0 bridgehead atoms. The molecule has 0 radical (unpaired) electrons. The van der Waals surface area contributed by atoms with Gasteiger partial charge in [-0.1, -0.05) is 18.2 Å². The van der Waals surface area contributed by atoms with E-state index in [0.29, 0.717) is 24.0 Å². The number of aromatic nitrogens is 1. The molecule has 8 heteroatoms. The number of benzene rings is 1. The van der Waals surface area contributed by atoms with E-state index in [1.54, 1.807) is 32.6 Å². The van der Waals surface area contributed by atoms with Crippen LogP contribution in [-0.2, 0) is 26.0 Å². The lowest BCUT2D eigenvalue weighted by molar-refractivity contribution is -0.135. The number of nitrogens with zero attached hydrogens (tertiary/aromatic N) is 3. The van der Waals surface area contributed by atoms with Crippen LogP contribution >= 0.6 is 0 Å². The van der Waals surface area contributed by atoms with E-state index in [4.69, 9.17) is 0 Å². The van der Waals surface area contributed by atoms with E-state index in [9.17, 15) is 18.0 Å². The van der Waals surface area contributed by atoms with Crippen LogP contribution in [0.25, 0.3) is 10.9 Å². The highest BCUT2D eigenvalue weighted by atomic mass is 32.2. The molecule has 1 aromatic heterocycles. The average molecular weight is 434 g/mol. The molecule has 0 saturated carbocycles. The number of fused-ring (bicyclic) bond motifs is 1. The van der Waals surface area contributed by atoms with E-state index in [2.05, 4.69) is 0 Å². The van der Waals surface area contributed by atoms with Gasteiger partial charge < -0.3 is 14.4 Å². The van der Waals surface area contributed by atoms with Crippen LogP contribution in [0.15, 0.2) is 35.4 Å². The molecule has 2 aromatic rings. The molecule has 2 heterocycles. The summed E-state index contributed by atoms with van der Waals surface area (Å²) in [7, 11) is -3.83. The minimum absolute atomic E-state index is 0.0422. The van der Waals surface area contributed by atoms with Crippen molar-refractivity contribution in [3.63, 3.8) is 0 Å². The van der Waals surface area contributed by atoms with E-state index in [1.165, 1.54) is 6.20 Å². The highest BCUT2D eigenvalue weighted by Crippen LogP contribution is 2.27. The van der Waals surface area contributed by atoms with Gasteiger partial charge in [-0.3, -0.25) is 9.59 Å². The molecular formula is C22H31N3O4S. The Morgan fingerprint density at radius 3 is 2.23 bits per heavy atom. The maximum Gasteiger partial charge on any atom is 0.242 e. The molecule has 0 unspecified atom stereocenters. The Morgan fingerprint density at radius 1 is 1.03 bits per heavy atom. The summed E-state index contributed by atoms with van der Waals surface area (Å²) < 4.78 is 27.9. The van der Waals surface area contributed by atoms with Gasteiger partial charge in [0.2, 0.25) is 11.8 Å². The van der Waals surface area contributed by atoms with Gasteiger partial charge in [0, 0.05) is 42.3 Å². The third-order valence-corrected chi connectivity index (χ3v) is 7.19. The van der Waals surface area contributed by atoms with Crippen LogP contribution in [0.1, 0.15) is 40.5 Å². The number of carbonyl (C=O) groups is 2. The van der Waals surface area contributed by atoms with Crippen molar-refractivity contribution in [3.8, 4) is 0 Å². The molecule has 0 spiro atoms. The van der Waals surface area contributed by atoms with Crippen LogP contribution < -0.4 is 0 Å². The van der Waals surface area contributed by atoms with Crippen molar-refractivity contribution in [1.82, 2.24) is 14.4 Å². The molecule has 2 amide bonds.